The number of aliphatic hydroxyl groups is 1. The van der Waals surface area contributed by atoms with Crippen LogP contribution in [0.1, 0.15) is 45.9 Å². The number of nitrogens with zero attached hydrogens (tertiary/aromatic N) is 3. The van der Waals surface area contributed by atoms with Crippen molar-refractivity contribution < 1.29 is 13.9 Å². The summed E-state index contributed by atoms with van der Waals surface area (Å²) in [7, 11) is 0. The second-order valence-electron chi connectivity index (χ2n) is 7.40. The summed E-state index contributed by atoms with van der Waals surface area (Å²) in [5, 5.41) is 17.1. The minimum Gasteiger partial charge on any atom is -0.394 e. The van der Waals surface area contributed by atoms with Crippen LogP contribution in [0.15, 0.2) is 6.33 Å². The van der Waals surface area contributed by atoms with Gasteiger partial charge in [0.15, 0.2) is 0 Å². The monoisotopic (exact) mass is 316 g/mol. The summed E-state index contributed by atoms with van der Waals surface area (Å²) in [5.74, 6) is 0.978. The zero-order chi connectivity index (χ0) is 16.4. The Labute approximate surface area is 130 Å². The summed E-state index contributed by atoms with van der Waals surface area (Å²) < 4.78 is 26.3. The van der Waals surface area contributed by atoms with Crippen LogP contribution in [-0.2, 0) is 13.1 Å². The van der Waals surface area contributed by atoms with Crippen LogP contribution >= 0.6 is 0 Å². The number of aliphatic hydroxyl groups excluding tert-OH is 1. The van der Waals surface area contributed by atoms with Gasteiger partial charge in [-0.3, -0.25) is 0 Å². The molecule has 7 heteroatoms. The van der Waals surface area contributed by atoms with Gasteiger partial charge in [-0.05, 0) is 30.6 Å². The van der Waals surface area contributed by atoms with E-state index in [4.69, 9.17) is 0 Å². The van der Waals surface area contributed by atoms with Crippen LogP contribution < -0.4 is 5.32 Å². The predicted octanol–water partition coefficient (Wildman–Crippen LogP) is 2.21. The molecular formula is C15H26F2N4O. The van der Waals surface area contributed by atoms with Gasteiger partial charge in [0.1, 0.15) is 18.7 Å². The van der Waals surface area contributed by atoms with E-state index in [1.54, 1.807) is 0 Å². The average Bonchev–Trinajstić information content (AvgIpc) is 2.80. The molecule has 5 nitrogen and oxygen atoms in total. The molecule has 22 heavy (non-hydrogen) atoms. The Kier molecular flexibility index (Phi) is 5.17. The topological polar surface area (TPSA) is 63.0 Å². The fourth-order valence-corrected chi connectivity index (χ4v) is 4.03. The number of aromatic nitrogens is 3. The Balaban J connectivity index is 2.06. The molecule has 1 fully saturated rings. The van der Waals surface area contributed by atoms with Gasteiger partial charge in [0.25, 0.3) is 6.43 Å². The quantitative estimate of drug-likeness (QED) is 0.845. The molecule has 1 aliphatic rings. The maximum atomic E-state index is 12.5. The number of hydrogen-bond acceptors (Lipinski definition) is 4. The lowest BCUT2D eigenvalue weighted by Gasteiger charge is -2.47. The van der Waals surface area contributed by atoms with Crippen molar-refractivity contribution in [3.05, 3.63) is 12.2 Å². The SMILES string of the molecule is C[C@H]1CC(C)(C)C[C@@](CO)(NCc2ncnn2CC(F)F)C1. The van der Waals surface area contributed by atoms with Gasteiger partial charge < -0.3 is 10.4 Å². The zero-order valence-electron chi connectivity index (χ0n) is 13.5. The third kappa shape index (κ3) is 4.23. The Morgan fingerprint density at radius 1 is 1.45 bits per heavy atom. The van der Waals surface area contributed by atoms with Crippen molar-refractivity contribution in [3.8, 4) is 0 Å². The van der Waals surface area contributed by atoms with Crippen molar-refractivity contribution in [1.29, 1.82) is 0 Å². The van der Waals surface area contributed by atoms with Crippen molar-refractivity contribution in [2.75, 3.05) is 6.61 Å². The van der Waals surface area contributed by atoms with Gasteiger partial charge in [0.05, 0.1) is 13.2 Å². The van der Waals surface area contributed by atoms with Gasteiger partial charge >= 0.3 is 0 Å². The number of nitrogens with one attached hydrogen (secondary N) is 1. The van der Waals surface area contributed by atoms with Crippen molar-refractivity contribution in [2.45, 2.75) is 65.1 Å². The van der Waals surface area contributed by atoms with Crippen molar-refractivity contribution in [1.82, 2.24) is 20.1 Å². The second kappa shape index (κ2) is 6.58. The lowest BCUT2D eigenvalue weighted by Crippen LogP contribution is -2.55. The first-order chi connectivity index (χ1) is 10.3. The van der Waals surface area contributed by atoms with Crippen LogP contribution in [0.3, 0.4) is 0 Å². The predicted molar refractivity (Wildman–Crippen MR) is 79.5 cm³/mol. The van der Waals surface area contributed by atoms with E-state index in [9.17, 15) is 13.9 Å². The van der Waals surface area contributed by atoms with E-state index in [1.807, 2.05) is 0 Å². The molecule has 1 aromatic heterocycles. The Hall–Kier alpha value is -1.08. The lowest BCUT2D eigenvalue weighted by atomic mass is 9.64. The fourth-order valence-electron chi connectivity index (χ4n) is 4.03. The first-order valence-corrected chi connectivity index (χ1v) is 7.76. The summed E-state index contributed by atoms with van der Waals surface area (Å²) in [5.41, 5.74) is -0.243. The number of alkyl halides is 2. The van der Waals surface area contributed by atoms with Crippen LogP contribution in [0.4, 0.5) is 8.78 Å². The highest BCUT2D eigenvalue weighted by molar-refractivity contribution is 5.00. The first kappa shape index (κ1) is 17.3. The molecule has 2 atom stereocenters. The normalized spacial score (nSPS) is 28.2. The van der Waals surface area contributed by atoms with E-state index in [2.05, 4.69) is 36.2 Å². The van der Waals surface area contributed by atoms with Crippen molar-refractivity contribution >= 4 is 0 Å². The molecule has 0 aliphatic heterocycles. The molecule has 0 amide bonds. The maximum Gasteiger partial charge on any atom is 0.257 e. The molecule has 0 unspecified atom stereocenters. The summed E-state index contributed by atoms with van der Waals surface area (Å²) in [6.45, 7) is 6.50. The van der Waals surface area contributed by atoms with Crippen LogP contribution in [0.25, 0.3) is 0 Å². The van der Waals surface area contributed by atoms with Gasteiger partial charge in [-0.1, -0.05) is 20.8 Å². The molecule has 1 aromatic rings. The minimum absolute atomic E-state index is 0.0315. The molecule has 126 valence electrons. The highest BCUT2D eigenvalue weighted by Crippen LogP contribution is 2.43. The molecule has 2 rings (SSSR count). The Bertz CT molecular complexity index is 492. The average molecular weight is 316 g/mol. The smallest absolute Gasteiger partial charge is 0.257 e. The molecule has 1 aliphatic carbocycles. The lowest BCUT2D eigenvalue weighted by molar-refractivity contribution is 0.0343. The van der Waals surface area contributed by atoms with Crippen LogP contribution in [-0.4, -0.2) is 38.4 Å². The molecule has 0 radical (unpaired) electrons. The molecule has 1 saturated carbocycles. The summed E-state index contributed by atoms with van der Waals surface area (Å²) in [4.78, 5) is 4.05. The van der Waals surface area contributed by atoms with Gasteiger partial charge in [0.2, 0.25) is 0 Å². The van der Waals surface area contributed by atoms with E-state index in [0.29, 0.717) is 18.3 Å². The van der Waals surface area contributed by atoms with E-state index >= 15 is 0 Å². The molecule has 0 saturated heterocycles. The number of hydrogen-bond donors (Lipinski definition) is 2. The molecule has 0 spiro atoms. The zero-order valence-corrected chi connectivity index (χ0v) is 13.5. The third-order valence-corrected chi connectivity index (χ3v) is 4.39. The summed E-state index contributed by atoms with van der Waals surface area (Å²) >= 11 is 0. The Morgan fingerprint density at radius 2 is 2.18 bits per heavy atom. The van der Waals surface area contributed by atoms with E-state index in [-0.39, 0.29) is 17.6 Å². The number of rotatable bonds is 6. The second-order valence-corrected chi connectivity index (χ2v) is 7.40. The van der Waals surface area contributed by atoms with E-state index in [0.717, 1.165) is 19.3 Å². The van der Waals surface area contributed by atoms with Crippen LogP contribution in [0.5, 0.6) is 0 Å². The van der Waals surface area contributed by atoms with E-state index in [1.165, 1.54) is 11.0 Å². The van der Waals surface area contributed by atoms with Crippen molar-refractivity contribution in [3.63, 3.8) is 0 Å². The molecule has 1 heterocycles. The summed E-state index contributed by atoms with van der Waals surface area (Å²) in [6, 6.07) is 0. The highest BCUT2D eigenvalue weighted by atomic mass is 19.3. The van der Waals surface area contributed by atoms with Gasteiger partial charge in [-0.15, -0.1) is 0 Å². The molecule has 0 bridgehead atoms. The molecular weight excluding hydrogens is 290 g/mol. The largest absolute Gasteiger partial charge is 0.394 e. The summed E-state index contributed by atoms with van der Waals surface area (Å²) in [6.07, 6.45) is 1.68. The van der Waals surface area contributed by atoms with Crippen LogP contribution in [0.2, 0.25) is 0 Å². The highest BCUT2D eigenvalue weighted by Gasteiger charge is 2.42. The van der Waals surface area contributed by atoms with Gasteiger partial charge in [-0.25, -0.2) is 18.4 Å². The third-order valence-electron chi connectivity index (χ3n) is 4.39. The standard InChI is InChI=1S/C15H26F2N4O/c1-11-4-14(2,3)8-15(5-11,9-22)19-6-13-18-10-20-21(13)7-12(16)17/h10-12,19,22H,4-9H2,1-3H3/t11-,15-/m0/s1. The first-order valence-electron chi connectivity index (χ1n) is 7.76. The maximum absolute atomic E-state index is 12.5. The van der Waals surface area contributed by atoms with Crippen LogP contribution in [0, 0.1) is 11.3 Å². The van der Waals surface area contributed by atoms with E-state index < -0.39 is 13.0 Å². The minimum atomic E-state index is -2.46. The number of halogens is 2. The van der Waals surface area contributed by atoms with Gasteiger partial charge in [-0.2, -0.15) is 5.10 Å². The molecule has 2 N–H and O–H groups in total. The van der Waals surface area contributed by atoms with Crippen molar-refractivity contribution in [2.24, 2.45) is 11.3 Å². The Morgan fingerprint density at radius 3 is 2.77 bits per heavy atom. The molecule has 0 aromatic carbocycles. The van der Waals surface area contributed by atoms with Gasteiger partial charge in [0, 0.05) is 5.54 Å². The fraction of sp³-hybridized carbons (Fsp3) is 0.867.